The van der Waals surface area contributed by atoms with Gasteiger partial charge in [0.25, 0.3) is 5.92 Å². The van der Waals surface area contributed by atoms with Crippen LogP contribution in [-0.4, -0.2) is 24.1 Å². The van der Waals surface area contributed by atoms with Crippen LogP contribution in [-0.2, 0) is 15.5 Å². The molecular weight excluding hydrogens is 392 g/mol. The number of alkyl halides is 2. The molecule has 2 amide bonds. The second kappa shape index (κ2) is 9.96. The molecule has 3 N–H and O–H groups in total. The summed E-state index contributed by atoms with van der Waals surface area (Å²) >= 11 is 0. The number of anilines is 2. The predicted octanol–water partition coefficient (Wildman–Crippen LogP) is 4.82. The first-order valence-corrected chi connectivity index (χ1v) is 9.49. The Hall–Kier alpha value is -3.29. The SMILES string of the molecule is CCCOc1ccc(NC(=O)C(C(C)=N)C(=O)Nc2cccc(C(C)(F)F)c2)cc1. The molecule has 0 aliphatic carbocycles. The highest BCUT2D eigenvalue weighted by Gasteiger charge is 2.30. The van der Waals surface area contributed by atoms with Gasteiger partial charge >= 0.3 is 0 Å². The topological polar surface area (TPSA) is 91.3 Å². The molecule has 0 fully saturated rings. The Balaban J connectivity index is 2.10. The maximum Gasteiger partial charge on any atom is 0.270 e. The van der Waals surface area contributed by atoms with Crippen molar-refractivity contribution >= 4 is 28.9 Å². The summed E-state index contributed by atoms with van der Waals surface area (Å²) in [4.78, 5) is 25.2. The van der Waals surface area contributed by atoms with E-state index in [9.17, 15) is 18.4 Å². The van der Waals surface area contributed by atoms with Gasteiger partial charge in [0.15, 0.2) is 5.92 Å². The number of ether oxygens (including phenoxy) is 1. The maximum absolute atomic E-state index is 13.5. The number of rotatable bonds is 9. The fourth-order valence-electron chi connectivity index (χ4n) is 2.67. The molecule has 0 aliphatic heterocycles. The molecule has 2 aromatic carbocycles. The molecule has 0 saturated carbocycles. The Morgan fingerprint density at radius 3 is 2.20 bits per heavy atom. The lowest BCUT2D eigenvalue weighted by Gasteiger charge is -2.17. The summed E-state index contributed by atoms with van der Waals surface area (Å²) in [5, 5.41) is 12.9. The van der Waals surface area contributed by atoms with Gasteiger partial charge in [-0.15, -0.1) is 0 Å². The summed E-state index contributed by atoms with van der Waals surface area (Å²) in [5.41, 5.74) is 0.120. The Kier molecular flexibility index (Phi) is 7.63. The summed E-state index contributed by atoms with van der Waals surface area (Å²) in [6.45, 7) is 4.65. The van der Waals surface area contributed by atoms with Crippen LogP contribution < -0.4 is 15.4 Å². The van der Waals surface area contributed by atoms with Crippen molar-refractivity contribution in [2.45, 2.75) is 33.1 Å². The molecule has 6 nitrogen and oxygen atoms in total. The standard InChI is InChI=1S/C22H25F2N3O3/c1-4-12-30-18-10-8-16(9-11-18)26-20(28)19(14(2)25)21(29)27-17-7-5-6-15(13-17)22(3,23)24/h5-11,13,19,25H,4,12H2,1-3H3,(H,26,28)(H,27,29). The Morgan fingerprint density at radius 2 is 1.67 bits per heavy atom. The highest BCUT2D eigenvalue weighted by Crippen LogP contribution is 2.28. The lowest BCUT2D eigenvalue weighted by Crippen LogP contribution is -2.38. The molecule has 0 bridgehead atoms. The minimum Gasteiger partial charge on any atom is -0.494 e. The molecule has 2 aromatic rings. The van der Waals surface area contributed by atoms with Gasteiger partial charge in [0.05, 0.1) is 6.61 Å². The van der Waals surface area contributed by atoms with Crippen molar-refractivity contribution < 1.29 is 23.1 Å². The van der Waals surface area contributed by atoms with Gasteiger partial charge in [-0.25, -0.2) is 8.78 Å². The fourth-order valence-corrected chi connectivity index (χ4v) is 2.67. The number of benzene rings is 2. The average Bonchev–Trinajstić information content (AvgIpc) is 2.66. The molecule has 0 saturated heterocycles. The summed E-state index contributed by atoms with van der Waals surface area (Å²) < 4.78 is 32.5. The first-order chi connectivity index (χ1) is 14.1. The van der Waals surface area contributed by atoms with Crippen LogP contribution in [0.5, 0.6) is 5.75 Å². The maximum atomic E-state index is 13.5. The Morgan fingerprint density at radius 1 is 1.07 bits per heavy atom. The van der Waals surface area contributed by atoms with E-state index < -0.39 is 23.7 Å². The van der Waals surface area contributed by atoms with Gasteiger partial charge in [0.1, 0.15) is 5.75 Å². The fraction of sp³-hybridized carbons (Fsp3) is 0.318. The molecule has 0 spiro atoms. The molecule has 0 aromatic heterocycles. The van der Waals surface area contributed by atoms with Crippen molar-refractivity contribution in [1.82, 2.24) is 0 Å². The van der Waals surface area contributed by atoms with Crippen molar-refractivity contribution in [3.63, 3.8) is 0 Å². The zero-order chi connectivity index (χ0) is 22.3. The summed E-state index contributed by atoms with van der Waals surface area (Å²) in [5.74, 6) is -5.30. The van der Waals surface area contributed by atoms with Crippen LogP contribution >= 0.6 is 0 Å². The predicted molar refractivity (Wildman–Crippen MR) is 112 cm³/mol. The molecule has 0 aliphatic rings. The molecule has 160 valence electrons. The molecule has 0 heterocycles. The highest BCUT2D eigenvalue weighted by atomic mass is 19.3. The minimum absolute atomic E-state index is 0.121. The number of carbonyl (C=O) groups excluding carboxylic acids is 2. The van der Waals surface area contributed by atoms with Crippen molar-refractivity contribution in [2.75, 3.05) is 17.2 Å². The van der Waals surface area contributed by atoms with Crippen LogP contribution in [0.15, 0.2) is 48.5 Å². The Labute approximate surface area is 174 Å². The first kappa shape index (κ1) is 23.0. The van der Waals surface area contributed by atoms with Crippen molar-refractivity contribution in [2.24, 2.45) is 5.92 Å². The van der Waals surface area contributed by atoms with E-state index in [1.807, 2.05) is 6.92 Å². The van der Waals surface area contributed by atoms with E-state index in [1.54, 1.807) is 24.3 Å². The zero-order valence-corrected chi connectivity index (χ0v) is 17.1. The number of nitrogens with one attached hydrogen (secondary N) is 3. The van der Waals surface area contributed by atoms with Gasteiger partial charge in [-0.1, -0.05) is 19.1 Å². The third kappa shape index (κ3) is 6.37. The molecule has 2 rings (SSSR count). The number of amides is 2. The lowest BCUT2D eigenvalue weighted by molar-refractivity contribution is -0.126. The second-order valence-corrected chi connectivity index (χ2v) is 6.94. The van der Waals surface area contributed by atoms with E-state index >= 15 is 0 Å². The quantitative estimate of drug-likeness (QED) is 0.403. The summed E-state index contributed by atoms with van der Waals surface area (Å²) in [7, 11) is 0. The lowest BCUT2D eigenvalue weighted by atomic mass is 10.0. The molecule has 8 heteroatoms. The molecule has 1 unspecified atom stereocenters. The van der Waals surface area contributed by atoms with Crippen LogP contribution in [0, 0.1) is 11.3 Å². The van der Waals surface area contributed by atoms with Gasteiger partial charge in [0, 0.05) is 29.6 Å². The van der Waals surface area contributed by atoms with Crippen molar-refractivity contribution in [3.05, 3.63) is 54.1 Å². The van der Waals surface area contributed by atoms with Gasteiger partial charge in [-0.2, -0.15) is 0 Å². The first-order valence-electron chi connectivity index (χ1n) is 9.49. The van der Waals surface area contributed by atoms with Crippen molar-refractivity contribution in [1.29, 1.82) is 5.41 Å². The third-order valence-electron chi connectivity index (χ3n) is 4.19. The van der Waals surface area contributed by atoms with Crippen LogP contribution in [0.3, 0.4) is 0 Å². The second-order valence-electron chi connectivity index (χ2n) is 6.94. The molecular formula is C22H25F2N3O3. The van der Waals surface area contributed by atoms with Crippen LogP contribution in [0.25, 0.3) is 0 Å². The van der Waals surface area contributed by atoms with E-state index in [0.717, 1.165) is 19.4 Å². The van der Waals surface area contributed by atoms with E-state index in [0.29, 0.717) is 18.0 Å². The largest absolute Gasteiger partial charge is 0.494 e. The Bertz CT molecular complexity index is 909. The number of hydrogen-bond acceptors (Lipinski definition) is 4. The molecule has 30 heavy (non-hydrogen) atoms. The number of halogens is 2. The normalized spacial score (nSPS) is 12.0. The smallest absolute Gasteiger partial charge is 0.270 e. The highest BCUT2D eigenvalue weighted by molar-refractivity contribution is 6.24. The van der Waals surface area contributed by atoms with Crippen LogP contribution in [0.2, 0.25) is 0 Å². The van der Waals surface area contributed by atoms with Crippen LogP contribution in [0.1, 0.15) is 32.8 Å². The van der Waals surface area contributed by atoms with Gasteiger partial charge in [0.2, 0.25) is 11.8 Å². The van der Waals surface area contributed by atoms with Crippen molar-refractivity contribution in [3.8, 4) is 5.75 Å². The summed E-state index contributed by atoms with van der Waals surface area (Å²) in [6.07, 6.45) is 0.868. The van der Waals surface area contributed by atoms with Gasteiger partial charge in [-0.3, -0.25) is 9.59 Å². The van der Waals surface area contributed by atoms with Crippen LogP contribution in [0.4, 0.5) is 20.2 Å². The van der Waals surface area contributed by atoms with E-state index in [2.05, 4.69) is 10.6 Å². The zero-order valence-electron chi connectivity index (χ0n) is 17.1. The van der Waals surface area contributed by atoms with Gasteiger partial charge < -0.3 is 20.8 Å². The average molecular weight is 417 g/mol. The van der Waals surface area contributed by atoms with E-state index in [4.69, 9.17) is 10.1 Å². The number of hydrogen-bond donors (Lipinski definition) is 3. The van der Waals surface area contributed by atoms with E-state index in [-0.39, 0.29) is 17.0 Å². The minimum atomic E-state index is -3.07. The molecule has 0 radical (unpaired) electrons. The third-order valence-corrected chi connectivity index (χ3v) is 4.19. The molecule has 1 atom stereocenters. The van der Waals surface area contributed by atoms with Gasteiger partial charge in [-0.05, 0) is 49.7 Å². The van der Waals surface area contributed by atoms with E-state index in [1.165, 1.54) is 25.1 Å². The monoisotopic (exact) mass is 417 g/mol. The number of carbonyl (C=O) groups is 2. The summed E-state index contributed by atoms with van der Waals surface area (Å²) in [6, 6.07) is 11.8.